The minimum absolute atomic E-state index is 0.0748. The number of ether oxygens (including phenoxy) is 1. The van der Waals surface area contributed by atoms with E-state index in [0.717, 1.165) is 22.1 Å². The summed E-state index contributed by atoms with van der Waals surface area (Å²) in [5.74, 6) is -0.834. The number of para-hydroxylation sites is 4. The Balaban J connectivity index is 0.000000130. The van der Waals surface area contributed by atoms with Crippen LogP contribution in [-0.4, -0.2) is 126 Å². The molecule has 20 aromatic rings. The summed E-state index contributed by atoms with van der Waals surface area (Å²) in [6, 6.07) is 70.6. The minimum Gasteiger partial charge on any atom is -0.496 e. The number of rotatable bonds is 21. The van der Waals surface area contributed by atoms with Gasteiger partial charge in [0.1, 0.15) is 34.5 Å². The van der Waals surface area contributed by atoms with Crippen molar-refractivity contribution in [2.24, 2.45) is 0 Å². The van der Waals surface area contributed by atoms with Gasteiger partial charge >= 0.3 is 6.18 Å². The second-order valence-electron chi connectivity index (χ2n) is 33.8. The first kappa shape index (κ1) is 95.2. The lowest BCUT2D eigenvalue weighted by atomic mass is 10.0. The molecule has 35 heteroatoms. The Kier molecular flexibility index (Phi) is 27.3. The third kappa shape index (κ3) is 19.4. The molecule has 4 atom stereocenters. The number of nitrogens with one attached hydrogen (secondary N) is 6. The summed E-state index contributed by atoms with van der Waals surface area (Å²) in [7, 11) is 1.55. The molecule has 8 aromatic carbocycles. The van der Waals surface area contributed by atoms with Crippen LogP contribution in [0.3, 0.4) is 0 Å². The SMILES string of the molecule is COc1cccc2cc([C@H](C)NC(=O)c3c(C)nn4cccnc34)n(-c3ccccc3)c(=O)c12.Cc1nn2cccnc2c1C(=O)N[C@@H](C)c1cc2cccc(Cl)c2c(=O)n1-c1ccccc1.Cc1nn2cccnc2c1C(=O)N[C@@H](C)c1cc2cccc(NC(C)C)c2c(=O)n1-c1ccccc1.Cc1nn2cccnc2c1C(=O)N[C@@H](C)c1cc2cccc(NCC(F)(F)F)c2c(=O)n1-c1ccccc1. The second kappa shape index (κ2) is 40.4. The number of nitrogens with zero attached hydrogens (tertiary/aromatic N) is 16. The van der Waals surface area contributed by atoms with Gasteiger partial charge in [0.2, 0.25) is 0 Å². The summed E-state index contributed by atoms with van der Waals surface area (Å²) >= 11 is 6.38. The van der Waals surface area contributed by atoms with Gasteiger partial charge < -0.3 is 36.6 Å². The van der Waals surface area contributed by atoms with E-state index in [1.165, 1.54) is 15.1 Å². The molecule has 12 aromatic heterocycles. The molecule has 0 unspecified atom stereocenters. The number of aryl methyl sites for hydroxylation is 4. The molecular weight excluding hydrogens is 1820 g/mol. The van der Waals surface area contributed by atoms with E-state index in [1.807, 2.05) is 180 Å². The highest BCUT2D eigenvalue weighted by Crippen LogP contribution is 2.34. The number of hydrogen-bond donors (Lipinski definition) is 6. The minimum atomic E-state index is -4.45. The van der Waals surface area contributed by atoms with E-state index in [9.17, 15) is 51.5 Å². The van der Waals surface area contributed by atoms with E-state index in [4.69, 9.17) is 16.3 Å². The Bertz CT molecular complexity index is 8480. The molecule has 141 heavy (non-hydrogen) atoms. The van der Waals surface area contributed by atoms with Crippen molar-refractivity contribution in [2.75, 3.05) is 24.3 Å². The number of carbonyl (C=O) groups is 4. The van der Waals surface area contributed by atoms with E-state index in [2.05, 4.69) is 72.2 Å². The summed E-state index contributed by atoms with van der Waals surface area (Å²) in [6.45, 7) is 17.1. The molecule has 4 amide bonds. The quantitative estimate of drug-likeness (QED) is 0.0389. The Hall–Kier alpha value is -17.6. The predicted octanol–water partition coefficient (Wildman–Crippen LogP) is 17.8. The number of hydrogen-bond acceptors (Lipinski definition) is 19. The molecule has 0 aliphatic rings. The largest absolute Gasteiger partial charge is 0.496 e. The van der Waals surface area contributed by atoms with Crippen molar-refractivity contribution in [3.8, 4) is 28.5 Å². The predicted molar refractivity (Wildman–Crippen MR) is 537 cm³/mol. The molecule has 710 valence electrons. The number of halogens is 4. The number of alkyl halides is 3. The van der Waals surface area contributed by atoms with Crippen molar-refractivity contribution in [3.63, 3.8) is 0 Å². The van der Waals surface area contributed by atoms with Crippen LogP contribution in [0.15, 0.2) is 311 Å². The Morgan fingerprint density at radius 1 is 0.355 bits per heavy atom. The van der Waals surface area contributed by atoms with Crippen LogP contribution in [0.1, 0.15) is 153 Å². The van der Waals surface area contributed by atoms with Gasteiger partial charge in [0.25, 0.3) is 45.9 Å². The van der Waals surface area contributed by atoms with Crippen LogP contribution >= 0.6 is 11.6 Å². The maximum absolute atomic E-state index is 14.0. The van der Waals surface area contributed by atoms with E-state index < -0.39 is 48.4 Å². The van der Waals surface area contributed by atoms with Crippen LogP contribution in [-0.2, 0) is 0 Å². The van der Waals surface area contributed by atoms with Gasteiger partial charge in [0, 0.05) is 113 Å². The zero-order valence-electron chi connectivity index (χ0n) is 78.1. The Morgan fingerprint density at radius 2 is 0.631 bits per heavy atom. The van der Waals surface area contributed by atoms with Gasteiger partial charge in [-0.15, -0.1) is 0 Å². The molecule has 0 radical (unpaired) electrons. The van der Waals surface area contributed by atoms with Gasteiger partial charge in [0.05, 0.1) is 80.6 Å². The molecule has 0 saturated heterocycles. The van der Waals surface area contributed by atoms with Crippen LogP contribution in [0, 0.1) is 27.7 Å². The zero-order valence-corrected chi connectivity index (χ0v) is 78.9. The molecule has 0 fully saturated rings. The third-order valence-corrected chi connectivity index (χ3v) is 24.1. The summed E-state index contributed by atoms with van der Waals surface area (Å²) in [4.78, 5) is 126. The number of benzene rings is 8. The average Bonchev–Trinajstić information content (AvgIpc) is 1.76. The molecule has 12 heterocycles. The van der Waals surface area contributed by atoms with Crippen molar-refractivity contribution in [1.82, 2.24) is 97.9 Å². The molecule has 0 spiro atoms. The average molecular weight is 1910 g/mol. The number of methoxy groups -OCH3 is 1. The van der Waals surface area contributed by atoms with E-state index in [0.29, 0.717) is 145 Å². The van der Waals surface area contributed by atoms with Crippen molar-refractivity contribution >= 4 is 112 Å². The summed E-state index contributed by atoms with van der Waals surface area (Å²) in [5.41, 5.74) is 10.4. The molecule has 0 aliphatic heterocycles. The number of aromatic nitrogens is 16. The monoisotopic (exact) mass is 1910 g/mol. The molecular formula is C106H94ClF3N22O9. The van der Waals surface area contributed by atoms with Crippen LogP contribution < -0.4 is 58.9 Å². The summed E-state index contributed by atoms with van der Waals surface area (Å²) in [5, 5.41) is 40.0. The van der Waals surface area contributed by atoms with Gasteiger partial charge in [-0.3, -0.25) is 56.6 Å². The summed E-state index contributed by atoms with van der Waals surface area (Å²) < 4.78 is 56.8. The number of anilines is 2. The van der Waals surface area contributed by atoms with Crippen LogP contribution in [0.4, 0.5) is 24.5 Å². The highest BCUT2D eigenvalue weighted by Gasteiger charge is 2.32. The lowest BCUT2D eigenvalue weighted by Crippen LogP contribution is -2.32. The van der Waals surface area contributed by atoms with Crippen molar-refractivity contribution in [1.29, 1.82) is 0 Å². The highest BCUT2D eigenvalue weighted by molar-refractivity contribution is 6.35. The number of fused-ring (bicyclic) bond motifs is 8. The first-order valence-electron chi connectivity index (χ1n) is 45.1. The number of carbonyl (C=O) groups excluding carboxylic acids is 4. The summed E-state index contributed by atoms with van der Waals surface area (Å²) in [6.07, 6.45) is 8.94. The number of pyridine rings is 4. The topological polar surface area (TPSA) is 358 Å². The molecule has 31 nitrogen and oxygen atoms in total. The van der Waals surface area contributed by atoms with Crippen molar-refractivity contribution < 1.29 is 37.1 Å². The Labute approximate surface area is 807 Å². The van der Waals surface area contributed by atoms with Crippen LogP contribution in [0.2, 0.25) is 5.02 Å². The third-order valence-electron chi connectivity index (χ3n) is 23.8. The van der Waals surface area contributed by atoms with Gasteiger partial charge in [-0.25, -0.2) is 38.0 Å². The molecule has 0 aliphatic carbocycles. The van der Waals surface area contributed by atoms with Gasteiger partial charge in [-0.05, 0) is 212 Å². The molecule has 6 N–H and O–H groups in total. The Morgan fingerprint density at radius 3 is 0.943 bits per heavy atom. The van der Waals surface area contributed by atoms with E-state index in [-0.39, 0.29) is 51.5 Å². The smallest absolute Gasteiger partial charge is 0.405 e. The van der Waals surface area contributed by atoms with Crippen molar-refractivity contribution in [3.05, 3.63) is 406 Å². The van der Waals surface area contributed by atoms with Gasteiger partial charge in [0.15, 0.2) is 22.6 Å². The second-order valence-corrected chi connectivity index (χ2v) is 34.2. The fourth-order valence-corrected chi connectivity index (χ4v) is 17.7. The lowest BCUT2D eigenvalue weighted by molar-refractivity contribution is -0.115. The lowest BCUT2D eigenvalue weighted by Gasteiger charge is -2.22. The van der Waals surface area contributed by atoms with Crippen molar-refractivity contribution in [2.45, 2.75) is 106 Å². The zero-order chi connectivity index (χ0) is 99.4. The van der Waals surface area contributed by atoms with Gasteiger partial charge in [-0.2, -0.15) is 33.6 Å². The number of amides is 4. The molecule has 0 saturated carbocycles. The molecule has 20 rings (SSSR count). The van der Waals surface area contributed by atoms with E-state index >= 15 is 0 Å². The fourth-order valence-electron chi connectivity index (χ4n) is 17.5. The van der Waals surface area contributed by atoms with Crippen LogP contribution in [0.5, 0.6) is 5.75 Å². The molecule has 0 bridgehead atoms. The maximum Gasteiger partial charge on any atom is 0.405 e. The standard InChI is InChI=1S/C28H28N6O2.C27H23F3N6O2.C26H23N5O3.C25H20ClN5O2/c1-17(2)30-22-13-8-10-20-16-23(34(28(36)25(20)22)21-11-6-5-7-12-21)18(3)31-27(35)24-19(4)32-33-15-9-14-29-26(24)33;1-16(33-25(37)22-17(2)34-35-13-7-12-31-24(22)35)21-14-18-8-6-11-20(32-15-27(28,29)30)23(18)26(38)36(21)19-9-4-3-5-10-19;1-16(28-25(32)22-17(2)29-30-14-8-13-27-24(22)30)20-15-18-9-7-12-21(34-3)23(18)26(33)31(20)19-10-5-4-6-11-19;1-15(28-24(32)21-16(2)29-30-13-7-12-27-23(21)30)20-14-17-8-6-11-19(26)22(17)25(33)31(20)18-9-4-3-5-10-18/h5-18,30H,1-4H3,(H,31,35);3-14,16,32H,15H2,1-2H3,(H,33,37);4-16H,1-3H3,(H,28,32);3-15H,1-2H3,(H,28,32)/t18-;2*16-;15-/m0000/s1. The maximum atomic E-state index is 14.0. The first-order valence-corrected chi connectivity index (χ1v) is 45.5. The van der Waals surface area contributed by atoms with Gasteiger partial charge in [-0.1, -0.05) is 133 Å². The normalized spacial score (nSPS) is 12.3. The fraction of sp³-hybridized carbons (Fsp3) is 0.170. The van der Waals surface area contributed by atoms with Crippen LogP contribution in [0.25, 0.3) is 88.4 Å². The highest BCUT2D eigenvalue weighted by atomic mass is 35.5. The van der Waals surface area contributed by atoms with E-state index in [1.54, 1.807) is 210 Å². The first-order chi connectivity index (χ1) is 67.9.